The molecule has 17 N–H and O–H groups in total. The Balaban J connectivity index is 6.08. The molecule has 0 aromatic carbocycles. The molecular weight excluding hydrogens is 943 g/mol. The second-order valence-electron chi connectivity index (χ2n) is 15.7. The lowest BCUT2D eigenvalue weighted by molar-refractivity contribution is -0.142. The van der Waals surface area contributed by atoms with E-state index in [-0.39, 0.29) is 30.9 Å². The highest BCUT2D eigenvalue weighted by Gasteiger charge is 2.36. The molecule has 0 aliphatic carbocycles. The Hall–Kier alpha value is -5.78. The van der Waals surface area contributed by atoms with Gasteiger partial charge < -0.3 is 79.7 Å². The monoisotopic (exact) mass is 1010 g/mol. The molecule has 0 radical (unpaired) electrons. The Morgan fingerprint density at radius 1 is 0.544 bits per heavy atom. The van der Waals surface area contributed by atoms with Crippen LogP contribution in [0.4, 0.5) is 0 Å². The second-order valence-corrected chi connectivity index (χ2v) is 16.4. The van der Waals surface area contributed by atoms with E-state index in [4.69, 9.17) is 16.6 Å². The van der Waals surface area contributed by atoms with Gasteiger partial charge in [-0.25, -0.2) is 4.79 Å². The maximum Gasteiger partial charge on any atom is 0.327 e. The molecule has 29 heteroatoms. The average molecular weight is 1010 g/mol. The van der Waals surface area contributed by atoms with Crippen LogP contribution in [0.2, 0.25) is 0 Å². The summed E-state index contributed by atoms with van der Waals surface area (Å²) in [6.07, 6.45) is -2.76. The van der Waals surface area contributed by atoms with Crippen LogP contribution >= 0.6 is 25.3 Å². The number of rotatable bonds is 33. The fourth-order valence-electron chi connectivity index (χ4n) is 5.72. The molecule has 0 aliphatic heterocycles. The number of thiol groups is 2. The van der Waals surface area contributed by atoms with Gasteiger partial charge in [0, 0.05) is 17.9 Å². The molecule has 0 rings (SSSR count). The third-order valence-corrected chi connectivity index (χ3v) is 10.8. The Kier molecular flexibility index (Phi) is 29.3. The summed E-state index contributed by atoms with van der Waals surface area (Å²) in [6.45, 7) is 6.26. The molecule has 11 atom stereocenters. The molecular formula is C39H67N11O16S2. The third-order valence-electron chi connectivity index (χ3n) is 10.0. The predicted molar refractivity (Wildman–Crippen MR) is 246 cm³/mol. The number of carbonyl (C=O) groups excluding carboxylic acids is 9. The maximum atomic E-state index is 13.8. The lowest BCUT2D eigenvalue weighted by Crippen LogP contribution is -2.62. The van der Waals surface area contributed by atoms with Gasteiger partial charge in [-0.3, -0.25) is 52.7 Å². The summed E-state index contributed by atoms with van der Waals surface area (Å²) in [4.78, 5) is 152. The zero-order valence-corrected chi connectivity index (χ0v) is 40.2. The van der Waals surface area contributed by atoms with E-state index in [0.29, 0.717) is 12.8 Å². The minimum atomic E-state index is -1.88. The first kappa shape index (κ1) is 62.2. The number of carboxylic acid groups (broad SMARTS) is 3. The van der Waals surface area contributed by atoms with Crippen molar-refractivity contribution in [1.29, 1.82) is 0 Å². The zero-order valence-electron chi connectivity index (χ0n) is 38.4. The topological polar surface area (TPSA) is 446 Å². The Labute approximate surface area is 403 Å². The molecule has 386 valence electrons. The Morgan fingerprint density at radius 3 is 1.56 bits per heavy atom. The van der Waals surface area contributed by atoms with Crippen LogP contribution in [0, 0.1) is 5.92 Å². The van der Waals surface area contributed by atoms with Crippen molar-refractivity contribution >= 4 is 96.3 Å². The van der Waals surface area contributed by atoms with Gasteiger partial charge in [0.1, 0.15) is 48.3 Å². The first-order valence-corrected chi connectivity index (χ1v) is 22.7. The molecule has 0 aromatic heterocycles. The fraction of sp³-hybridized carbons (Fsp3) is 0.692. The number of nitrogens with two attached hydrogens (primary N) is 2. The van der Waals surface area contributed by atoms with Crippen LogP contribution in [0.25, 0.3) is 0 Å². The predicted octanol–water partition coefficient (Wildman–Crippen LogP) is -5.81. The minimum absolute atomic E-state index is 0.0272. The van der Waals surface area contributed by atoms with E-state index >= 15 is 0 Å². The Morgan fingerprint density at radius 2 is 1.04 bits per heavy atom. The largest absolute Gasteiger partial charge is 0.481 e. The Bertz CT molecular complexity index is 1800. The fourth-order valence-corrected chi connectivity index (χ4v) is 6.13. The van der Waals surface area contributed by atoms with Gasteiger partial charge in [0.05, 0.1) is 25.1 Å². The summed E-state index contributed by atoms with van der Waals surface area (Å²) >= 11 is 7.76. The number of carboxylic acids is 3. The van der Waals surface area contributed by atoms with Gasteiger partial charge in [-0.1, -0.05) is 20.3 Å². The number of aliphatic hydroxyl groups is 1. The molecule has 0 saturated heterocycles. The average Bonchev–Trinajstić information content (AvgIpc) is 3.27. The van der Waals surface area contributed by atoms with Crippen LogP contribution in [0.1, 0.15) is 79.6 Å². The van der Waals surface area contributed by atoms with Crippen LogP contribution in [0.15, 0.2) is 0 Å². The summed E-state index contributed by atoms with van der Waals surface area (Å²) < 4.78 is 0. The molecule has 0 bridgehead atoms. The van der Waals surface area contributed by atoms with E-state index < -0.39 is 163 Å². The van der Waals surface area contributed by atoms with Gasteiger partial charge in [0.2, 0.25) is 53.2 Å². The molecule has 0 fully saturated rings. The maximum absolute atomic E-state index is 13.8. The number of unbranched alkanes of at least 4 members (excludes halogenated alkanes) is 1. The van der Waals surface area contributed by atoms with Crippen molar-refractivity contribution in [3.05, 3.63) is 0 Å². The second kappa shape index (κ2) is 32.1. The van der Waals surface area contributed by atoms with Crippen molar-refractivity contribution < 1.29 is 78.0 Å². The van der Waals surface area contributed by atoms with Gasteiger partial charge in [-0.05, 0) is 58.9 Å². The summed E-state index contributed by atoms with van der Waals surface area (Å²) in [5, 5.41) is 58.9. The van der Waals surface area contributed by atoms with Gasteiger partial charge in [0.25, 0.3) is 0 Å². The molecule has 0 saturated carbocycles. The number of aliphatic carboxylic acids is 3. The molecule has 0 aliphatic rings. The molecule has 0 spiro atoms. The highest BCUT2D eigenvalue weighted by molar-refractivity contribution is 7.80. The van der Waals surface area contributed by atoms with E-state index in [2.05, 4.69) is 73.1 Å². The first-order chi connectivity index (χ1) is 31.7. The molecule has 9 amide bonds. The summed E-state index contributed by atoms with van der Waals surface area (Å²) in [6, 6.07) is -13.2. The number of hydrogen-bond acceptors (Lipinski definition) is 17. The number of aliphatic hydroxyl groups excluding tert-OH is 1. The lowest BCUT2D eigenvalue weighted by atomic mass is 9.96. The van der Waals surface area contributed by atoms with Crippen molar-refractivity contribution in [1.82, 2.24) is 47.9 Å². The van der Waals surface area contributed by atoms with Gasteiger partial charge in [-0.2, -0.15) is 25.3 Å². The van der Waals surface area contributed by atoms with Crippen molar-refractivity contribution in [2.45, 2.75) is 140 Å². The molecule has 68 heavy (non-hydrogen) atoms. The van der Waals surface area contributed by atoms with E-state index in [1.54, 1.807) is 13.8 Å². The van der Waals surface area contributed by atoms with Crippen LogP contribution in [-0.4, -0.2) is 177 Å². The number of nitrogens with one attached hydrogen (secondary N) is 9. The van der Waals surface area contributed by atoms with Gasteiger partial charge in [-0.15, -0.1) is 0 Å². The zero-order chi connectivity index (χ0) is 52.4. The van der Waals surface area contributed by atoms with Crippen LogP contribution in [0.5, 0.6) is 0 Å². The summed E-state index contributed by atoms with van der Waals surface area (Å²) in [5.41, 5.74) is 11.2. The normalized spacial score (nSPS) is 15.8. The van der Waals surface area contributed by atoms with E-state index in [0.717, 1.165) is 6.92 Å². The molecule has 27 nitrogen and oxygen atoms in total. The molecule has 0 unspecified atom stereocenters. The molecule has 0 aromatic rings. The van der Waals surface area contributed by atoms with E-state index in [9.17, 15) is 72.9 Å². The smallest absolute Gasteiger partial charge is 0.327 e. The summed E-state index contributed by atoms with van der Waals surface area (Å²) in [5.74, 6) is -14.2. The number of amides is 9. The lowest BCUT2D eigenvalue weighted by Gasteiger charge is -2.29. The molecule has 0 heterocycles. The highest BCUT2D eigenvalue weighted by atomic mass is 32.1. The highest BCUT2D eigenvalue weighted by Crippen LogP contribution is 2.12. The van der Waals surface area contributed by atoms with Crippen molar-refractivity contribution in [3.63, 3.8) is 0 Å². The number of carbonyl (C=O) groups is 12. The van der Waals surface area contributed by atoms with Gasteiger partial charge in [0.15, 0.2) is 0 Å². The number of hydrogen-bond donors (Lipinski definition) is 17. The van der Waals surface area contributed by atoms with Crippen LogP contribution in [-0.2, 0) is 57.5 Å². The first-order valence-electron chi connectivity index (χ1n) is 21.5. The van der Waals surface area contributed by atoms with E-state index in [1.165, 1.54) is 13.8 Å². The standard InChI is InChI=1S/C39H67N11O16S2/c1-6-17(2)29(49-36(62)24(13-28(55)56)47-38(64)30(20(5)51)50-32(58)19(4)44-33(59)21(41)15-67)37(63)46-22(9-7-8-12-40)34(60)42-14-26(52)43-18(3)31(57)45-23(10-11-27(53)54)35(61)48-25(16-68)39(65)66/h17-25,29-30,51,67-68H,6-16,40-41H2,1-5H3,(H,42,60)(H,43,52)(H,44,59)(H,45,57)(H,46,63)(H,47,64)(H,48,61)(H,49,62)(H,50,58)(H,53,54)(H,55,56)(H,65,66)/t17-,18-,19-,20+,21-,22-,23-,24-,25-,29-,30-/m0/s1. The van der Waals surface area contributed by atoms with Crippen molar-refractivity contribution in [2.75, 3.05) is 24.6 Å². The van der Waals surface area contributed by atoms with Crippen molar-refractivity contribution in [2.24, 2.45) is 17.4 Å². The SMILES string of the molecule is CC[C@H](C)[C@H](NC(=O)[C@H](CC(=O)O)NC(=O)[C@@H](NC(=O)[C@H](C)NC(=O)[C@@H](N)CS)[C@@H](C)O)C(=O)N[C@@H](CCCCN)C(=O)NCC(=O)N[C@@H](C)C(=O)N[C@@H](CCC(=O)O)C(=O)N[C@@H](CS)C(=O)O. The quantitative estimate of drug-likeness (QED) is 0.0215. The summed E-state index contributed by atoms with van der Waals surface area (Å²) in [7, 11) is 0. The van der Waals surface area contributed by atoms with E-state index in [1.807, 2.05) is 0 Å². The van der Waals surface area contributed by atoms with Crippen LogP contribution < -0.4 is 59.3 Å². The van der Waals surface area contributed by atoms with Crippen LogP contribution in [0.3, 0.4) is 0 Å². The van der Waals surface area contributed by atoms with Gasteiger partial charge >= 0.3 is 17.9 Å². The minimum Gasteiger partial charge on any atom is -0.481 e. The van der Waals surface area contributed by atoms with Crippen molar-refractivity contribution in [3.8, 4) is 0 Å². The third kappa shape index (κ3) is 23.3.